The van der Waals surface area contributed by atoms with Crippen molar-refractivity contribution >= 4 is 34.3 Å². The number of thioether (sulfide) groups is 1. The molecule has 1 aromatic heterocycles. The lowest BCUT2D eigenvalue weighted by atomic mass is 10.0. The topological polar surface area (TPSA) is 38.9 Å². The lowest BCUT2D eigenvalue weighted by Gasteiger charge is -2.14. The Balaban J connectivity index is 1.79. The van der Waals surface area contributed by atoms with Gasteiger partial charge in [-0.15, -0.1) is 11.8 Å². The molecule has 4 heteroatoms. The minimum Gasteiger partial charge on any atom is -0.323 e. The first-order valence-electron chi connectivity index (χ1n) is 6.71. The number of fused-ring (bicyclic) bond motifs is 1. The number of pyridine rings is 1. The first kappa shape index (κ1) is 14.4. The van der Waals surface area contributed by atoms with Crippen LogP contribution >= 0.6 is 23.4 Å². The monoisotopic (exact) mass is 314 g/mol. The molecule has 0 bridgehead atoms. The van der Waals surface area contributed by atoms with Gasteiger partial charge in [0.25, 0.3) is 0 Å². The fraction of sp³-hybridized carbons (Fsp3) is 0.118. The van der Waals surface area contributed by atoms with Crippen LogP contribution in [0.5, 0.6) is 0 Å². The molecule has 3 aromatic rings. The summed E-state index contributed by atoms with van der Waals surface area (Å²) < 4.78 is 0. The Morgan fingerprint density at radius 2 is 1.90 bits per heavy atom. The second kappa shape index (κ2) is 6.48. The molecule has 3 rings (SSSR count). The molecule has 1 atom stereocenters. The minimum atomic E-state index is -0.0624. The molecule has 0 spiro atoms. The zero-order valence-corrected chi connectivity index (χ0v) is 12.9. The predicted octanol–water partition coefficient (Wildman–Crippen LogP) is 4.68. The second-order valence-corrected chi connectivity index (χ2v) is 6.33. The Morgan fingerprint density at radius 1 is 1.10 bits per heavy atom. The van der Waals surface area contributed by atoms with Gasteiger partial charge in [-0.05, 0) is 29.8 Å². The van der Waals surface area contributed by atoms with Gasteiger partial charge < -0.3 is 5.73 Å². The molecule has 0 saturated heterocycles. The van der Waals surface area contributed by atoms with Gasteiger partial charge in [0.15, 0.2) is 0 Å². The van der Waals surface area contributed by atoms with Crippen LogP contribution in [-0.4, -0.2) is 10.7 Å². The highest BCUT2D eigenvalue weighted by molar-refractivity contribution is 7.99. The largest absolute Gasteiger partial charge is 0.323 e. The number of benzene rings is 2. The van der Waals surface area contributed by atoms with Crippen molar-refractivity contribution in [3.8, 4) is 0 Å². The van der Waals surface area contributed by atoms with E-state index in [4.69, 9.17) is 17.3 Å². The highest BCUT2D eigenvalue weighted by atomic mass is 35.5. The molecule has 2 N–H and O–H groups in total. The summed E-state index contributed by atoms with van der Waals surface area (Å²) in [5.41, 5.74) is 8.42. The minimum absolute atomic E-state index is 0.0624. The van der Waals surface area contributed by atoms with E-state index in [2.05, 4.69) is 23.2 Å². The van der Waals surface area contributed by atoms with Gasteiger partial charge >= 0.3 is 0 Å². The Hall–Kier alpha value is -1.55. The average Bonchev–Trinajstić information content (AvgIpc) is 2.52. The number of aromatic nitrogens is 1. The molecule has 0 aliphatic heterocycles. The first-order chi connectivity index (χ1) is 10.2. The fourth-order valence-electron chi connectivity index (χ4n) is 2.26. The van der Waals surface area contributed by atoms with Crippen LogP contribution in [0.3, 0.4) is 0 Å². The standard InChI is InChI=1S/C17H15ClN2S/c18-13-6-2-7-14(10-13)21-11-16(19)15-8-1-4-12-5-3-9-20-17(12)15/h1-10,16H,11,19H2. The van der Waals surface area contributed by atoms with E-state index in [1.165, 1.54) is 0 Å². The molecule has 0 aliphatic rings. The summed E-state index contributed by atoms with van der Waals surface area (Å²) in [4.78, 5) is 5.59. The van der Waals surface area contributed by atoms with Crippen LogP contribution in [0.4, 0.5) is 0 Å². The van der Waals surface area contributed by atoms with Gasteiger partial charge in [0.1, 0.15) is 0 Å². The summed E-state index contributed by atoms with van der Waals surface area (Å²) in [6.07, 6.45) is 1.81. The molecule has 2 aromatic carbocycles. The van der Waals surface area contributed by atoms with Crippen molar-refractivity contribution in [2.75, 3.05) is 5.75 Å². The number of para-hydroxylation sites is 1. The van der Waals surface area contributed by atoms with E-state index in [1.807, 2.05) is 42.6 Å². The molecular weight excluding hydrogens is 300 g/mol. The van der Waals surface area contributed by atoms with E-state index in [1.54, 1.807) is 11.8 Å². The Morgan fingerprint density at radius 3 is 2.76 bits per heavy atom. The summed E-state index contributed by atoms with van der Waals surface area (Å²) in [6, 6.07) is 17.9. The highest BCUT2D eigenvalue weighted by Gasteiger charge is 2.11. The predicted molar refractivity (Wildman–Crippen MR) is 90.8 cm³/mol. The summed E-state index contributed by atoms with van der Waals surface area (Å²) in [7, 11) is 0. The molecule has 0 radical (unpaired) electrons. The molecule has 2 nitrogen and oxygen atoms in total. The highest BCUT2D eigenvalue weighted by Crippen LogP contribution is 2.28. The van der Waals surface area contributed by atoms with Crippen molar-refractivity contribution < 1.29 is 0 Å². The first-order valence-corrected chi connectivity index (χ1v) is 8.08. The van der Waals surface area contributed by atoms with Gasteiger partial charge in [-0.25, -0.2) is 0 Å². The van der Waals surface area contributed by atoms with Crippen LogP contribution in [0.2, 0.25) is 5.02 Å². The van der Waals surface area contributed by atoms with Gasteiger partial charge in [0.05, 0.1) is 5.52 Å². The molecule has 1 heterocycles. The van der Waals surface area contributed by atoms with Crippen molar-refractivity contribution in [3.05, 3.63) is 71.4 Å². The maximum Gasteiger partial charge on any atom is 0.0749 e. The van der Waals surface area contributed by atoms with Crippen molar-refractivity contribution in [2.24, 2.45) is 5.73 Å². The van der Waals surface area contributed by atoms with Gasteiger partial charge in [-0.1, -0.05) is 41.9 Å². The van der Waals surface area contributed by atoms with E-state index in [0.717, 1.165) is 32.1 Å². The molecule has 0 saturated carbocycles. The molecule has 0 fully saturated rings. The second-order valence-electron chi connectivity index (χ2n) is 4.80. The van der Waals surface area contributed by atoms with Crippen LogP contribution in [0.25, 0.3) is 10.9 Å². The quantitative estimate of drug-likeness (QED) is 0.711. The number of hydrogen-bond donors (Lipinski definition) is 1. The molecule has 0 amide bonds. The van der Waals surface area contributed by atoms with Crippen molar-refractivity contribution in [2.45, 2.75) is 10.9 Å². The smallest absolute Gasteiger partial charge is 0.0749 e. The van der Waals surface area contributed by atoms with Crippen molar-refractivity contribution in [1.29, 1.82) is 0 Å². The summed E-state index contributed by atoms with van der Waals surface area (Å²) in [5.74, 6) is 0.788. The van der Waals surface area contributed by atoms with E-state index in [-0.39, 0.29) is 6.04 Å². The summed E-state index contributed by atoms with van der Waals surface area (Å²) in [5, 5.41) is 1.87. The fourth-order valence-corrected chi connectivity index (χ4v) is 3.45. The number of rotatable bonds is 4. The molecule has 1 unspecified atom stereocenters. The van der Waals surface area contributed by atoms with Gasteiger partial charge in [0, 0.05) is 33.3 Å². The lowest BCUT2D eigenvalue weighted by molar-refractivity contribution is 0.837. The van der Waals surface area contributed by atoms with Crippen molar-refractivity contribution in [1.82, 2.24) is 4.98 Å². The van der Waals surface area contributed by atoms with Crippen LogP contribution < -0.4 is 5.73 Å². The molecule has 21 heavy (non-hydrogen) atoms. The Kier molecular flexibility index (Phi) is 4.44. The maximum atomic E-state index is 6.35. The average molecular weight is 315 g/mol. The third-order valence-electron chi connectivity index (χ3n) is 3.29. The van der Waals surface area contributed by atoms with E-state index >= 15 is 0 Å². The number of hydrogen-bond acceptors (Lipinski definition) is 3. The number of halogens is 1. The molecular formula is C17H15ClN2S. The summed E-state index contributed by atoms with van der Waals surface area (Å²) in [6.45, 7) is 0. The third-order valence-corrected chi connectivity index (χ3v) is 4.64. The summed E-state index contributed by atoms with van der Waals surface area (Å²) >= 11 is 7.71. The SMILES string of the molecule is NC(CSc1cccc(Cl)c1)c1cccc2cccnc12. The Labute approximate surface area is 133 Å². The van der Waals surface area contributed by atoms with E-state index in [0.29, 0.717) is 0 Å². The molecule has 106 valence electrons. The van der Waals surface area contributed by atoms with Crippen LogP contribution in [0.15, 0.2) is 65.7 Å². The van der Waals surface area contributed by atoms with Crippen LogP contribution in [-0.2, 0) is 0 Å². The lowest BCUT2D eigenvalue weighted by Crippen LogP contribution is -2.13. The number of nitrogens with zero attached hydrogens (tertiary/aromatic N) is 1. The Bertz CT molecular complexity index is 755. The normalized spacial score (nSPS) is 12.5. The van der Waals surface area contributed by atoms with Gasteiger partial charge in [0.2, 0.25) is 0 Å². The zero-order chi connectivity index (χ0) is 14.7. The van der Waals surface area contributed by atoms with Gasteiger partial charge in [-0.3, -0.25) is 4.98 Å². The molecule has 0 aliphatic carbocycles. The number of nitrogens with two attached hydrogens (primary N) is 1. The maximum absolute atomic E-state index is 6.35. The van der Waals surface area contributed by atoms with Gasteiger partial charge in [-0.2, -0.15) is 0 Å². The van der Waals surface area contributed by atoms with Crippen LogP contribution in [0, 0.1) is 0 Å². The van der Waals surface area contributed by atoms with E-state index in [9.17, 15) is 0 Å². The third kappa shape index (κ3) is 3.38. The van der Waals surface area contributed by atoms with Crippen LogP contribution in [0.1, 0.15) is 11.6 Å². The van der Waals surface area contributed by atoms with E-state index < -0.39 is 0 Å². The van der Waals surface area contributed by atoms with Crippen molar-refractivity contribution in [3.63, 3.8) is 0 Å². The zero-order valence-electron chi connectivity index (χ0n) is 11.4.